The summed E-state index contributed by atoms with van der Waals surface area (Å²) in [5, 5.41) is 0.960. The summed E-state index contributed by atoms with van der Waals surface area (Å²) in [5.41, 5.74) is 3.65. The molecule has 0 aliphatic carbocycles. The summed E-state index contributed by atoms with van der Waals surface area (Å²) in [6.45, 7) is 5.11. The molecule has 0 unspecified atom stereocenters. The molecule has 130 valence electrons. The number of hydrogen-bond acceptors (Lipinski definition) is 4. The SMILES string of the molecule is CCOC(=O)c1ccc2c(c1)nc(SCc1ccc(Br)cc1)n2CC. The Morgan fingerprint density at radius 2 is 1.96 bits per heavy atom. The van der Waals surface area contributed by atoms with Gasteiger partial charge in [0.1, 0.15) is 0 Å². The van der Waals surface area contributed by atoms with Crippen molar-refractivity contribution in [2.75, 3.05) is 6.61 Å². The topological polar surface area (TPSA) is 44.1 Å². The molecule has 0 saturated heterocycles. The molecule has 25 heavy (non-hydrogen) atoms. The quantitative estimate of drug-likeness (QED) is 0.403. The number of fused-ring (bicyclic) bond motifs is 1. The van der Waals surface area contributed by atoms with Crippen molar-refractivity contribution in [3.05, 3.63) is 58.1 Å². The van der Waals surface area contributed by atoms with Crippen LogP contribution in [0.5, 0.6) is 0 Å². The van der Waals surface area contributed by atoms with Crippen LogP contribution < -0.4 is 0 Å². The minimum absolute atomic E-state index is 0.306. The molecule has 1 heterocycles. The lowest BCUT2D eigenvalue weighted by Crippen LogP contribution is -2.04. The van der Waals surface area contributed by atoms with E-state index in [-0.39, 0.29) is 5.97 Å². The first-order chi connectivity index (χ1) is 12.1. The number of carbonyl (C=O) groups is 1. The Bertz CT molecular complexity index is 890. The summed E-state index contributed by atoms with van der Waals surface area (Å²) in [6.07, 6.45) is 0. The van der Waals surface area contributed by atoms with Crippen molar-refractivity contribution in [2.45, 2.75) is 31.3 Å². The Hall–Kier alpha value is -1.79. The highest BCUT2D eigenvalue weighted by Gasteiger charge is 2.14. The molecule has 0 amide bonds. The molecule has 0 saturated carbocycles. The highest BCUT2D eigenvalue weighted by molar-refractivity contribution is 9.10. The molecule has 1 aromatic heterocycles. The van der Waals surface area contributed by atoms with E-state index in [1.807, 2.05) is 24.3 Å². The van der Waals surface area contributed by atoms with Gasteiger partial charge in [0.05, 0.1) is 23.2 Å². The van der Waals surface area contributed by atoms with Gasteiger partial charge < -0.3 is 9.30 Å². The number of rotatable bonds is 6. The summed E-state index contributed by atoms with van der Waals surface area (Å²) in [4.78, 5) is 16.7. The van der Waals surface area contributed by atoms with E-state index in [1.54, 1.807) is 24.8 Å². The monoisotopic (exact) mass is 418 g/mol. The maximum absolute atomic E-state index is 11.9. The van der Waals surface area contributed by atoms with Crippen LogP contribution in [0.4, 0.5) is 0 Å². The van der Waals surface area contributed by atoms with E-state index in [9.17, 15) is 4.79 Å². The van der Waals surface area contributed by atoms with Gasteiger partial charge in [-0.25, -0.2) is 9.78 Å². The normalized spacial score (nSPS) is 11.0. The van der Waals surface area contributed by atoms with Gasteiger partial charge in [0.15, 0.2) is 5.16 Å². The van der Waals surface area contributed by atoms with Crippen LogP contribution in [0.1, 0.15) is 29.8 Å². The Kier molecular flexibility index (Phi) is 5.81. The predicted octanol–water partition coefficient (Wildman–Crippen LogP) is 5.29. The van der Waals surface area contributed by atoms with Crippen LogP contribution in [0, 0.1) is 0 Å². The number of aromatic nitrogens is 2. The van der Waals surface area contributed by atoms with Gasteiger partial charge in [-0.3, -0.25) is 0 Å². The highest BCUT2D eigenvalue weighted by atomic mass is 79.9. The number of esters is 1. The molecule has 0 bridgehead atoms. The van der Waals surface area contributed by atoms with Gasteiger partial charge in [0.25, 0.3) is 0 Å². The summed E-state index contributed by atoms with van der Waals surface area (Å²) in [5.74, 6) is 0.543. The molecule has 0 radical (unpaired) electrons. The number of imidazole rings is 1. The molecule has 2 aromatic carbocycles. The number of benzene rings is 2. The smallest absolute Gasteiger partial charge is 0.338 e. The lowest BCUT2D eigenvalue weighted by atomic mass is 10.2. The van der Waals surface area contributed by atoms with Crippen LogP contribution in [0.15, 0.2) is 52.1 Å². The first kappa shape index (κ1) is 18.0. The molecule has 0 aliphatic rings. The fraction of sp³-hybridized carbons (Fsp3) is 0.263. The number of nitrogens with zero attached hydrogens (tertiary/aromatic N) is 2. The molecule has 3 aromatic rings. The minimum atomic E-state index is -0.306. The second kappa shape index (κ2) is 8.06. The van der Waals surface area contributed by atoms with E-state index >= 15 is 0 Å². The third-order valence-electron chi connectivity index (χ3n) is 3.82. The fourth-order valence-corrected chi connectivity index (χ4v) is 3.89. The van der Waals surface area contributed by atoms with Crippen LogP contribution >= 0.6 is 27.7 Å². The Balaban J connectivity index is 1.86. The zero-order chi connectivity index (χ0) is 17.8. The van der Waals surface area contributed by atoms with Crippen molar-refractivity contribution in [2.24, 2.45) is 0 Å². The van der Waals surface area contributed by atoms with E-state index in [4.69, 9.17) is 9.72 Å². The summed E-state index contributed by atoms with van der Waals surface area (Å²) in [6, 6.07) is 13.9. The molecule has 0 spiro atoms. The lowest BCUT2D eigenvalue weighted by molar-refractivity contribution is 0.0526. The predicted molar refractivity (Wildman–Crippen MR) is 105 cm³/mol. The van der Waals surface area contributed by atoms with Crippen molar-refractivity contribution < 1.29 is 9.53 Å². The van der Waals surface area contributed by atoms with Crippen molar-refractivity contribution >= 4 is 44.7 Å². The molecule has 0 fully saturated rings. The van der Waals surface area contributed by atoms with Gasteiger partial charge in [-0.2, -0.15) is 0 Å². The van der Waals surface area contributed by atoms with Crippen LogP contribution in [0.25, 0.3) is 11.0 Å². The Labute approximate surface area is 159 Å². The van der Waals surface area contributed by atoms with Crippen molar-refractivity contribution in [1.82, 2.24) is 9.55 Å². The molecular weight excluding hydrogens is 400 g/mol. The van der Waals surface area contributed by atoms with E-state index in [0.717, 1.165) is 33.0 Å². The Morgan fingerprint density at radius 3 is 2.64 bits per heavy atom. The van der Waals surface area contributed by atoms with E-state index in [2.05, 4.69) is 39.6 Å². The zero-order valence-electron chi connectivity index (χ0n) is 14.2. The first-order valence-electron chi connectivity index (χ1n) is 8.17. The summed E-state index contributed by atoms with van der Waals surface area (Å²) in [7, 11) is 0. The molecule has 3 rings (SSSR count). The molecule has 6 heteroatoms. The average Bonchev–Trinajstić information content (AvgIpc) is 2.98. The van der Waals surface area contributed by atoms with Crippen LogP contribution in [0.3, 0.4) is 0 Å². The van der Waals surface area contributed by atoms with Crippen molar-refractivity contribution in [3.8, 4) is 0 Å². The van der Waals surface area contributed by atoms with Gasteiger partial charge >= 0.3 is 5.97 Å². The number of thioether (sulfide) groups is 1. The highest BCUT2D eigenvalue weighted by Crippen LogP contribution is 2.28. The maximum atomic E-state index is 11.9. The molecule has 4 nitrogen and oxygen atoms in total. The fourth-order valence-electron chi connectivity index (χ4n) is 2.59. The van der Waals surface area contributed by atoms with E-state index < -0.39 is 0 Å². The number of carbonyl (C=O) groups excluding carboxylic acids is 1. The molecule has 0 atom stereocenters. The summed E-state index contributed by atoms with van der Waals surface area (Å²) >= 11 is 5.16. The zero-order valence-corrected chi connectivity index (χ0v) is 16.6. The second-order valence-electron chi connectivity index (χ2n) is 5.48. The van der Waals surface area contributed by atoms with E-state index in [1.165, 1.54) is 5.56 Å². The summed E-state index contributed by atoms with van der Waals surface area (Å²) < 4.78 is 8.32. The van der Waals surface area contributed by atoms with Crippen molar-refractivity contribution in [3.63, 3.8) is 0 Å². The van der Waals surface area contributed by atoms with Gasteiger partial charge in [0, 0.05) is 16.8 Å². The van der Waals surface area contributed by atoms with Crippen LogP contribution in [-0.2, 0) is 17.0 Å². The number of ether oxygens (including phenoxy) is 1. The second-order valence-corrected chi connectivity index (χ2v) is 7.34. The third-order valence-corrected chi connectivity index (χ3v) is 5.40. The number of aryl methyl sites for hydroxylation is 1. The lowest BCUT2D eigenvalue weighted by Gasteiger charge is -2.06. The standard InChI is InChI=1S/C19H19BrN2O2S/c1-3-22-17-10-7-14(18(23)24-4-2)11-16(17)21-19(22)25-12-13-5-8-15(20)9-6-13/h5-11H,3-4,12H2,1-2H3. The maximum Gasteiger partial charge on any atom is 0.338 e. The minimum Gasteiger partial charge on any atom is -0.462 e. The molecule has 0 N–H and O–H groups in total. The van der Waals surface area contributed by atoms with E-state index in [0.29, 0.717) is 12.2 Å². The van der Waals surface area contributed by atoms with Gasteiger partial charge in [-0.15, -0.1) is 0 Å². The number of hydrogen-bond donors (Lipinski definition) is 0. The molecular formula is C19H19BrN2O2S. The average molecular weight is 419 g/mol. The van der Waals surface area contributed by atoms with Crippen LogP contribution in [0.2, 0.25) is 0 Å². The molecule has 0 aliphatic heterocycles. The third kappa shape index (κ3) is 4.07. The van der Waals surface area contributed by atoms with Gasteiger partial charge in [0.2, 0.25) is 0 Å². The van der Waals surface area contributed by atoms with Gasteiger partial charge in [-0.1, -0.05) is 39.8 Å². The van der Waals surface area contributed by atoms with Gasteiger partial charge in [-0.05, 0) is 49.7 Å². The number of halogens is 1. The Morgan fingerprint density at radius 1 is 1.20 bits per heavy atom. The first-order valence-corrected chi connectivity index (χ1v) is 9.95. The van der Waals surface area contributed by atoms with Crippen LogP contribution in [-0.4, -0.2) is 22.1 Å². The largest absolute Gasteiger partial charge is 0.462 e. The van der Waals surface area contributed by atoms with Crippen molar-refractivity contribution in [1.29, 1.82) is 0 Å².